The maximum Gasteiger partial charge on any atom is 0.326 e. The van der Waals surface area contributed by atoms with E-state index < -0.39 is 134 Å². The van der Waals surface area contributed by atoms with E-state index in [2.05, 4.69) is 31.6 Å². The number of hydrogen-bond acceptors (Lipinski definition) is 11. The average Bonchev–Trinajstić information content (AvgIpc) is 3.23. The van der Waals surface area contributed by atoms with Gasteiger partial charge in [0.1, 0.15) is 30.2 Å². The van der Waals surface area contributed by atoms with Gasteiger partial charge >= 0.3 is 35.9 Å². The lowest BCUT2D eigenvalue weighted by Crippen LogP contribution is -2.52. The minimum atomic E-state index is -1.72. The molecule has 5 unspecified atom stereocenters. The SMILES string of the molecule is O=C(O)CCC(NC(=O)NC(CCCCNC(=O)C(Cc1ccc2ccccc2c1)NC(=O)CCC(NC(=O)C(CCC(=O)O)NC(=O)c1ccnc([18F])c1)C(=O)O)C(=O)O)C(=O)O. The van der Waals surface area contributed by atoms with Gasteiger partial charge in [-0.25, -0.2) is 24.2 Å². The van der Waals surface area contributed by atoms with Gasteiger partial charge in [-0.3, -0.25) is 28.8 Å². The molecule has 3 rings (SSSR count). The minimum absolute atomic E-state index is 0.0272. The molecule has 0 aliphatic rings. The molecule has 1 heterocycles. The minimum Gasteiger partial charge on any atom is -0.481 e. The Balaban J connectivity index is 1.64. The van der Waals surface area contributed by atoms with Gasteiger partial charge in [0.15, 0.2) is 0 Å². The lowest BCUT2D eigenvalue weighted by Gasteiger charge is -2.22. The molecular weight excluding hydrogens is 848 g/mol. The Morgan fingerprint density at radius 2 is 1.14 bits per heavy atom. The highest BCUT2D eigenvalue weighted by Crippen LogP contribution is 2.17. The standard InChI is InChI=1S/C41H48FN7O15/c42-31-21-25(16-18-43-31)35(55)46-26(11-14-33(51)52)37(57)47-28(39(60)61)10-13-32(50)45-30(20-22-8-9-23-5-1-2-6-24(23)19-22)36(56)44-17-4-3-7-27(38(58)59)48-41(64)49-29(40(62)63)12-15-34(53)54/h1-2,5-6,8-9,16,18-19,21,26-30H,3-4,7,10-15,17,20H2,(H,44,56)(H,45,50)(H,46,55)(H,47,57)(H,51,52)(H,53,54)(H,58,59)(H,60,61)(H,62,63)(H2,48,49,64)/i42-1. The first-order valence-corrected chi connectivity index (χ1v) is 19.8. The summed E-state index contributed by atoms with van der Waals surface area (Å²) in [6.45, 7) is -0.0272. The number of aliphatic carboxylic acids is 5. The number of carbonyl (C=O) groups is 10. The van der Waals surface area contributed by atoms with Crippen LogP contribution in [0.5, 0.6) is 0 Å². The Bertz CT molecular complexity index is 2210. The molecule has 344 valence electrons. The van der Waals surface area contributed by atoms with Gasteiger partial charge in [0.05, 0.1) is 0 Å². The van der Waals surface area contributed by atoms with E-state index in [9.17, 15) is 67.7 Å². The van der Waals surface area contributed by atoms with Gasteiger partial charge in [-0.15, -0.1) is 0 Å². The van der Waals surface area contributed by atoms with Crippen molar-refractivity contribution < 1.29 is 77.9 Å². The average molecular weight is 897 g/mol. The van der Waals surface area contributed by atoms with Gasteiger partial charge in [0.25, 0.3) is 5.91 Å². The molecule has 22 nitrogen and oxygen atoms in total. The van der Waals surface area contributed by atoms with Gasteiger partial charge in [0, 0.05) is 50.1 Å². The summed E-state index contributed by atoms with van der Waals surface area (Å²) in [4.78, 5) is 126. The van der Waals surface area contributed by atoms with Gasteiger partial charge in [0.2, 0.25) is 23.7 Å². The zero-order valence-corrected chi connectivity index (χ0v) is 34.1. The molecule has 0 saturated heterocycles. The van der Waals surface area contributed by atoms with E-state index in [4.69, 9.17) is 10.2 Å². The van der Waals surface area contributed by atoms with Crippen LogP contribution >= 0.6 is 0 Å². The number of halogens is 1. The fourth-order valence-corrected chi connectivity index (χ4v) is 6.15. The van der Waals surface area contributed by atoms with Crippen molar-refractivity contribution >= 4 is 70.3 Å². The molecule has 0 bridgehead atoms. The number of aromatic nitrogens is 1. The van der Waals surface area contributed by atoms with Crippen molar-refractivity contribution in [2.24, 2.45) is 0 Å². The van der Waals surface area contributed by atoms with Crippen LogP contribution in [0.1, 0.15) is 73.7 Å². The largest absolute Gasteiger partial charge is 0.481 e. The first-order chi connectivity index (χ1) is 30.3. The summed E-state index contributed by atoms with van der Waals surface area (Å²) in [7, 11) is 0. The molecule has 23 heteroatoms. The molecule has 0 fully saturated rings. The number of urea groups is 1. The number of amides is 6. The Labute approximate surface area is 363 Å². The molecule has 0 radical (unpaired) electrons. The summed E-state index contributed by atoms with van der Waals surface area (Å²) in [5.41, 5.74) is 0.391. The van der Waals surface area contributed by atoms with Crippen molar-refractivity contribution in [3.05, 3.63) is 77.9 Å². The number of carboxylic acids is 5. The topological polar surface area (TPSA) is 357 Å². The van der Waals surface area contributed by atoms with Crippen molar-refractivity contribution in [2.75, 3.05) is 6.54 Å². The van der Waals surface area contributed by atoms with Crippen molar-refractivity contribution in [3.63, 3.8) is 0 Å². The molecule has 11 N–H and O–H groups in total. The third-order valence-electron chi connectivity index (χ3n) is 9.51. The van der Waals surface area contributed by atoms with E-state index in [-0.39, 0.29) is 37.8 Å². The number of carbonyl (C=O) groups excluding carboxylic acids is 5. The zero-order valence-electron chi connectivity index (χ0n) is 34.1. The number of rotatable bonds is 27. The molecule has 5 atom stereocenters. The zero-order chi connectivity index (χ0) is 47.3. The van der Waals surface area contributed by atoms with E-state index in [1.54, 1.807) is 6.07 Å². The second-order valence-electron chi connectivity index (χ2n) is 14.4. The van der Waals surface area contributed by atoms with E-state index >= 15 is 0 Å². The van der Waals surface area contributed by atoms with E-state index in [1.165, 1.54) is 0 Å². The Morgan fingerprint density at radius 3 is 1.75 bits per heavy atom. The fourth-order valence-electron chi connectivity index (χ4n) is 6.15. The van der Waals surface area contributed by atoms with Crippen molar-refractivity contribution in [1.29, 1.82) is 0 Å². The maximum atomic E-state index is 13.6. The number of unbranched alkanes of at least 4 members (excludes halogenated alkanes) is 1. The van der Waals surface area contributed by atoms with Crippen LogP contribution in [0.2, 0.25) is 0 Å². The number of benzene rings is 2. The van der Waals surface area contributed by atoms with Crippen LogP contribution in [-0.2, 0) is 44.8 Å². The highest BCUT2D eigenvalue weighted by molar-refractivity contribution is 5.98. The van der Waals surface area contributed by atoms with Gasteiger partial charge < -0.3 is 57.4 Å². The smallest absolute Gasteiger partial charge is 0.326 e. The summed E-state index contributed by atoms with van der Waals surface area (Å²) in [6, 6.07) is 5.90. The molecule has 0 spiro atoms. The Kier molecular flexibility index (Phi) is 20.0. The van der Waals surface area contributed by atoms with Crippen LogP contribution in [0.4, 0.5) is 9.18 Å². The van der Waals surface area contributed by atoms with E-state index in [1.807, 2.05) is 41.7 Å². The molecule has 0 aliphatic carbocycles. The monoisotopic (exact) mass is 896 g/mol. The van der Waals surface area contributed by atoms with E-state index in [0.29, 0.717) is 5.56 Å². The summed E-state index contributed by atoms with van der Waals surface area (Å²) in [5.74, 6) is -11.7. The maximum absolute atomic E-state index is 13.6. The second-order valence-corrected chi connectivity index (χ2v) is 14.4. The van der Waals surface area contributed by atoms with Crippen LogP contribution in [0, 0.1) is 5.95 Å². The number of hydrogen-bond donors (Lipinski definition) is 11. The first kappa shape index (κ1) is 50.6. The highest BCUT2D eigenvalue weighted by atomic mass is 18.2. The summed E-state index contributed by atoms with van der Waals surface area (Å²) < 4.78 is 13.6. The normalized spacial score (nSPS) is 13.1. The second kappa shape index (κ2) is 25.3. The molecular formula is C41H48FN7O15. The van der Waals surface area contributed by atoms with Crippen LogP contribution in [-0.4, -0.2) is 127 Å². The molecule has 1 aromatic heterocycles. The number of carboxylic acid groups (broad SMARTS) is 5. The number of nitrogens with zero attached hydrogens (tertiary/aromatic N) is 1. The summed E-state index contributed by atoms with van der Waals surface area (Å²) in [5, 5.41) is 62.3. The molecule has 3 aromatic rings. The van der Waals surface area contributed by atoms with Crippen LogP contribution in [0.15, 0.2) is 60.8 Å². The summed E-state index contributed by atoms with van der Waals surface area (Å²) in [6.07, 6.45) is -2.03. The first-order valence-electron chi connectivity index (χ1n) is 19.8. The van der Waals surface area contributed by atoms with Crippen molar-refractivity contribution in [2.45, 2.75) is 94.4 Å². The lowest BCUT2D eigenvalue weighted by molar-refractivity contribution is -0.143. The lowest BCUT2D eigenvalue weighted by atomic mass is 10.0. The van der Waals surface area contributed by atoms with Crippen LogP contribution in [0.25, 0.3) is 10.8 Å². The predicted molar refractivity (Wildman–Crippen MR) is 219 cm³/mol. The quantitative estimate of drug-likeness (QED) is 0.0372. The Morgan fingerprint density at radius 1 is 0.562 bits per heavy atom. The van der Waals surface area contributed by atoms with Gasteiger partial charge in [-0.2, -0.15) is 4.39 Å². The third-order valence-corrected chi connectivity index (χ3v) is 9.51. The van der Waals surface area contributed by atoms with Crippen molar-refractivity contribution in [1.82, 2.24) is 36.9 Å². The molecule has 64 heavy (non-hydrogen) atoms. The molecule has 0 aliphatic heterocycles. The highest BCUT2D eigenvalue weighted by Gasteiger charge is 2.30. The van der Waals surface area contributed by atoms with Crippen LogP contribution < -0.4 is 31.9 Å². The molecule has 2 aromatic carbocycles. The Hall–Kier alpha value is -7.72. The number of pyridine rings is 1. The van der Waals surface area contributed by atoms with E-state index in [0.717, 1.165) is 29.1 Å². The number of nitrogens with one attached hydrogen (secondary N) is 6. The van der Waals surface area contributed by atoms with Crippen molar-refractivity contribution in [3.8, 4) is 0 Å². The van der Waals surface area contributed by atoms with Gasteiger partial charge in [-0.1, -0.05) is 42.5 Å². The predicted octanol–water partition coefficient (Wildman–Crippen LogP) is 0.771. The summed E-state index contributed by atoms with van der Waals surface area (Å²) >= 11 is 0. The van der Waals surface area contributed by atoms with Crippen LogP contribution in [0.3, 0.4) is 0 Å². The number of fused-ring (bicyclic) bond motifs is 1. The molecule has 6 amide bonds. The van der Waals surface area contributed by atoms with Gasteiger partial charge in [-0.05, 0) is 60.9 Å². The fraction of sp³-hybridized carbons (Fsp3) is 0.390. The molecule has 0 saturated carbocycles. The third kappa shape index (κ3) is 17.7.